The molecule has 1 aliphatic carbocycles. The zero-order chi connectivity index (χ0) is 20.1. The Hall–Kier alpha value is -1.59. The number of carbonyl (C=O) groups is 2. The van der Waals surface area contributed by atoms with Crippen LogP contribution in [-0.4, -0.2) is 59.9 Å². The Morgan fingerprint density at radius 3 is 2.39 bits per heavy atom. The molecule has 2 fully saturated rings. The lowest BCUT2D eigenvalue weighted by molar-refractivity contribution is -0.129. The van der Waals surface area contributed by atoms with Crippen molar-refractivity contribution < 1.29 is 9.59 Å². The number of hydrogen-bond donors (Lipinski definition) is 1. The number of amides is 2. The van der Waals surface area contributed by atoms with E-state index in [1.54, 1.807) is 12.1 Å². The summed E-state index contributed by atoms with van der Waals surface area (Å²) >= 11 is 6.20. The van der Waals surface area contributed by atoms with Crippen LogP contribution in [-0.2, 0) is 4.79 Å². The van der Waals surface area contributed by atoms with Crippen LogP contribution in [0.15, 0.2) is 24.3 Å². The molecular formula is C22H32ClN3O2. The van der Waals surface area contributed by atoms with E-state index < -0.39 is 0 Å². The number of rotatable bonds is 6. The molecule has 0 radical (unpaired) electrons. The molecule has 1 aromatic rings. The predicted octanol–water partition coefficient (Wildman–Crippen LogP) is 3.57. The summed E-state index contributed by atoms with van der Waals surface area (Å²) in [4.78, 5) is 30.0. The zero-order valence-corrected chi connectivity index (χ0v) is 17.8. The topological polar surface area (TPSA) is 52.7 Å². The van der Waals surface area contributed by atoms with Gasteiger partial charge < -0.3 is 10.2 Å². The monoisotopic (exact) mass is 405 g/mol. The van der Waals surface area contributed by atoms with Gasteiger partial charge in [-0.05, 0) is 44.2 Å². The first-order valence-corrected chi connectivity index (χ1v) is 11.0. The quantitative estimate of drug-likeness (QED) is 0.787. The first-order valence-electron chi connectivity index (χ1n) is 10.6. The molecule has 2 atom stereocenters. The highest BCUT2D eigenvalue weighted by atomic mass is 35.5. The Morgan fingerprint density at radius 1 is 1.14 bits per heavy atom. The maximum absolute atomic E-state index is 13.0. The molecule has 1 heterocycles. The average Bonchev–Trinajstić information content (AvgIpc) is 3.22. The first-order chi connectivity index (χ1) is 13.5. The van der Waals surface area contributed by atoms with Gasteiger partial charge in [-0.3, -0.25) is 14.5 Å². The first kappa shape index (κ1) is 21.1. The van der Waals surface area contributed by atoms with Gasteiger partial charge in [0.15, 0.2) is 0 Å². The summed E-state index contributed by atoms with van der Waals surface area (Å²) < 4.78 is 0. The number of carbonyl (C=O) groups excluding carboxylic acids is 2. The van der Waals surface area contributed by atoms with Crippen molar-refractivity contribution in [2.45, 2.75) is 58.0 Å². The number of nitrogens with zero attached hydrogens (tertiary/aromatic N) is 2. The largest absolute Gasteiger partial charge is 0.352 e. The van der Waals surface area contributed by atoms with Crippen molar-refractivity contribution in [3.63, 3.8) is 0 Å². The van der Waals surface area contributed by atoms with Crippen molar-refractivity contribution >= 4 is 23.4 Å². The van der Waals surface area contributed by atoms with E-state index in [2.05, 4.69) is 24.1 Å². The molecule has 2 aliphatic rings. The molecule has 28 heavy (non-hydrogen) atoms. The molecule has 0 unspecified atom stereocenters. The molecule has 0 aromatic heterocycles. The molecule has 154 valence electrons. The summed E-state index contributed by atoms with van der Waals surface area (Å²) in [6.45, 7) is 6.86. The lowest BCUT2D eigenvalue weighted by Gasteiger charge is -2.41. The van der Waals surface area contributed by atoms with Crippen molar-refractivity contribution in [1.82, 2.24) is 15.1 Å². The minimum atomic E-state index is -0.0749. The zero-order valence-electron chi connectivity index (χ0n) is 17.0. The Kier molecular flexibility index (Phi) is 7.36. The van der Waals surface area contributed by atoms with E-state index in [0.717, 1.165) is 32.4 Å². The average molecular weight is 406 g/mol. The summed E-state index contributed by atoms with van der Waals surface area (Å²) in [5.41, 5.74) is 0.555. The molecular weight excluding hydrogens is 374 g/mol. The number of hydrogen-bond acceptors (Lipinski definition) is 3. The van der Waals surface area contributed by atoms with Crippen molar-refractivity contribution in [2.24, 2.45) is 5.92 Å². The maximum Gasteiger partial charge on any atom is 0.255 e. The molecule has 1 saturated heterocycles. The van der Waals surface area contributed by atoms with Gasteiger partial charge in [0.05, 0.1) is 16.6 Å². The molecule has 0 spiro atoms. The van der Waals surface area contributed by atoms with Crippen LogP contribution in [0.2, 0.25) is 5.02 Å². The van der Waals surface area contributed by atoms with E-state index in [1.165, 1.54) is 12.8 Å². The maximum atomic E-state index is 13.0. The van der Waals surface area contributed by atoms with Crippen molar-refractivity contribution in [1.29, 1.82) is 0 Å². The summed E-state index contributed by atoms with van der Waals surface area (Å²) in [5.74, 6) is 0.564. The van der Waals surface area contributed by atoms with Gasteiger partial charge in [0, 0.05) is 32.2 Å². The van der Waals surface area contributed by atoms with Gasteiger partial charge in [-0.25, -0.2) is 0 Å². The Balaban J connectivity index is 1.65. The number of benzene rings is 1. The molecule has 5 nitrogen and oxygen atoms in total. The standard InChI is InChI=1S/C22H32ClN3O2/c1-3-16(2)24-21(27)20(17-8-4-5-9-17)25-12-14-26(15-13-25)22(28)18-10-6-7-11-19(18)23/h6-7,10-11,16-17,20H,3-5,8-9,12-15H2,1-2H3,(H,24,27)/t16-,20+/m1/s1. The van der Waals surface area contributed by atoms with E-state index in [9.17, 15) is 9.59 Å². The number of piperazine rings is 1. The smallest absolute Gasteiger partial charge is 0.255 e. The molecule has 1 aliphatic heterocycles. The SMILES string of the molecule is CC[C@@H](C)NC(=O)[C@H](C1CCCC1)N1CCN(C(=O)c2ccccc2Cl)CC1. The Bertz CT molecular complexity index is 682. The van der Waals surface area contributed by atoms with Crippen LogP contribution in [0, 0.1) is 5.92 Å². The summed E-state index contributed by atoms with van der Waals surface area (Å²) in [5, 5.41) is 3.68. The van der Waals surface area contributed by atoms with Gasteiger partial charge in [0.2, 0.25) is 5.91 Å². The van der Waals surface area contributed by atoms with E-state index in [0.29, 0.717) is 29.6 Å². The van der Waals surface area contributed by atoms with E-state index in [1.807, 2.05) is 17.0 Å². The fourth-order valence-electron chi connectivity index (χ4n) is 4.39. The van der Waals surface area contributed by atoms with Gasteiger partial charge in [0.1, 0.15) is 0 Å². The van der Waals surface area contributed by atoms with Gasteiger partial charge in [-0.15, -0.1) is 0 Å². The summed E-state index contributed by atoms with van der Waals surface area (Å²) in [6.07, 6.45) is 5.60. The predicted molar refractivity (Wildman–Crippen MR) is 113 cm³/mol. The molecule has 2 amide bonds. The van der Waals surface area contributed by atoms with Crippen molar-refractivity contribution in [3.8, 4) is 0 Å². The van der Waals surface area contributed by atoms with E-state index >= 15 is 0 Å². The van der Waals surface area contributed by atoms with Gasteiger partial charge in [-0.1, -0.05) is 43.5 Å². The summed E-state index contributed by atoms with van der Waals surface area (Å²) in [6, 6.07) is 7.32. The highest BCUT2D eigenvalue weighted by molar-refractivity contribution is 6.33. The van der Waals surface area contributed by atoms with Crippen LogP contribution in [0.1, 0.15) is 56.3 Å². The third kappa shape index (κ3) is 4.87. The second-order valence-corrected chi connectivity index (χ2v) is 8.52. The Morgan fingerprint density at radius 2 is 1.79 bits per heavy atom. The molecule has 0 bridgehead atoms. The van der Waals surface area contributed by atoms with Gasteiger partial charge in [0.25, 0.3) is 5.91 Å². The van der Waals surface area contributed by atoms with Crippen LogP contribution in [0.25, 0.3) is 0 Å². The molecule has 3 rings (SSSR count). The van der Waals surface area contributed by atoms with Gasteiger partial charge in [-0.2, -0.15) is 0 Å². The lowest BCUT2D eigenvalue weighted by atomic mass is 9.94. The third-order valence-corrected chi connectivity index (χ3v) is 6.54. The second kappa shape index (κ2) is 9.75. The normalized spacial score (nSPS) is 20.8. The van der Waals surface area contributed by atoms with Crippen LogP contribution >= 0.6 is 11.6 Å². The highest BCUT2D eigenvalue weighted by Crippen LogP contribution is 2.31. The van der Waals surface area contributed by atoms with Crippen LogP contribution in [0.4, 0.5) is 0 Å². The molecule has 1 N–H and O–H groups in total. The van der Waals surface area contributed by atoms with E-state index in [4.69, 9.17) is 11.6 Å². The fourth-order valence-corrected chi connectivity index (χ4v) is 4.61. The third-order valence-electron chi connectivity index (χ3n) is 6.22. The molecule has 1 saturated carbocycles. The van der Waals surface area contributed by atoms with Crippen molar-refractivity contribution in [3.05, 3.63) is 34.9 Å². The summed E-state index contributed by atoms with van der Waals surface area (Å²) in [7, 11) is 0. The number of nitrogens with one attached hydrogen (secondary N) is 1. The fraction of sp³-hybridized carbons (Fsp3) is 0.636. The molecule has 1 aromatic carbocycles. The minimum Gasteiger partial charge on any atom is -0.352 e. The number of halogens is 1. The van der Waals surface area contributed by atoms with Gasteiger partial charge >= 0.3 is 0 Å². The van der Waals surface area contributed by atoms with Crippen LogP contribution in [0.3, 0.4) is 0 Å². The van der Waals surface area contributed by atoms with Crippen LogP contribution in [0.5, 0.6) is 0 Å². The lowest BCUT2D eigenvalue weighted by Crippen LogP contribution is -2.58. The Labute approximate surface area is 173 Å². The van der Waals surface area contributed by atoms with Crippen LogP contribution < -0.4 is 5.32 Å². The molecule has 6 heteroatoms. The van der Waals surface area contributed by atoms with E-state index in [-0.39, 0.29) is 23.9 Å². The minimum absolute atomic E-state index is 0.0216. The highest BCUT2D eigenvalue weighted by Gasteiger charge is 2.37. The van der Waals surface area contributed by atoms with Crippen molar-refractivity contribution in [2.75, 3.05) is 26.2 Å². The second-order valence-electron chi connectivity index (χ2n) is 8.12.